The van der Waals surface area contributed by atoms with Crippen molar-refractivity contribution < 1.29 is 9.53 Å². The molecule has 110 valence electrons. The average molecular weight is 285 g/mol. The highest BCUT2D eigenvalue weighted by Crippen LogP contribution is 2.38. The molecule has 5 heteroatoms. The predicted molar refractivity (Wildman–Crippen MR) is 78.0 cm³/mol. The van der Waals surface area contributed by atoms with Crippen LogP contribution in [0.25, 0.3) is 0 Å². The highest BCUT2D eigenvalue weighted by atomic mass is 16.5. The van der Waals surface area contributed by atoms with Gasteiger partial charge in [-0.15, -0.1) is 0 Å². The number of carbonyl (C=O) groups is 1. The number of H-pyrrole nitrogens is 1. The van der Waals surface area contributed by atoms with E-state index in [4.69, 9.17) is 4.74 Å². The van der Waals surface area contributed by atoms with E-state index in [0.717, 1.165) is 29.8 Å². The lowest BCUT2D eigenvalue weighted by Gasteiger charge is -2.13. The Morgan fingerprint density at radius 3 is 2.71 bits per heavy atom. The topological polar surface area (TPSA) is 67.9 Å². The summed E-state index contributed by atoms with van der Waals surface area (Å²) in [5.74, 6) is 0.995. The summed E-state index contributed by atoms with van der Waals surface area (Å²) < 4.78 is 5.20. The Hall–Kier alpha value is -2.17. The summed E-state index contributed by atoms with van der Waals surface area (Å²) in [6.45, 7) is 4.17. The Balaban J connectivity index is 1.93. The van der Waals surface area contributed by atoms with Crippen LogP contribution in [0.1, 0.15) is 54.4 Å². The molecule has 5 nitrogen and oxygen atoms in total. The maximum atomic E-state index is 12.3. The molecule has 1 saturated carbocycles. The van der Waals surface area contributed by atoms with Crippen LogP contribution in [-0.2, 0) is 9.53 Å². The van der Waals surface area contributed by atoms with Gasteiger partial charge in [-0.1, -0.05) is 29.8 Å². The van der Waals surface area contributed by atoms with Gasteiger partial charge < -0.3 is 4.74 Å². The van der Waals surface area contributed by atoms with Gasteiger partial charge in [-0.05, 0) is 32.3 Å². The molecule has 0 aliphatic heterocycles. The molecule has 1 heterocycles. The Bertz CT molecular complexity index is 629. The van der Waals surface area contributed by atoms with E-state index in [-0.39, 0.29) is 5.97 Å². The summed E-state index contributed by atoms with van der Waals surface area (Å²) in [5.41, 5.74) is 2.01. The molecule has 3 rings (SSSR count). The number of nitrogens with zero attached hydrogens (tertiary/aromatic N) is 2. The second kappa shape index (κ2) is 5.68. The summed E-state index contributed by atoms with van der Waals surface area (Å²) in [6.07, 6.45) is 2.28. The maximum Gasteiger partial charge on any atom is 0.321 e. The minimum atomic E-state index is -0.561. The lowest BCUT2D eigenvalue weighted by Crippen LogP contribution is -2.18. The fourth-order valence-corrected chi connectivity index (χ4v) is 2.33. The van der Waals surface area contributed by atoms with Crippen molar-refractivity contribution in [3.05, 3.63) is 47.0 Å². The number of esters is 1. The van der Waals surface area contributed by atoms with Crippen molar-refractivity contribution >= 4 is 5.97 Å². The Morgan fingerprint density at radius 2 is 2.10 bits per heavy atom. The van der Waals surface area contributed by atoms with Crippen molar-refractivity contribution in [3.8, 4) is 0 Å². The van der Waals surface area contributed by atoms with Crippen molar-refractivity contribution in [3.63, 3.8) is 0 Å². The van der Waals surface area contributed by atoms with Crippen molar-refractivity contribution in [2.75, 3.05) is 6.61 Å². The molecular formula is C16H19N3O2. The molecular weight excluding hydrogens is 266 g/mol. The normalized spacial score (nSPS) is 15.7. The highest BCUT2D eigenvalue weighted by Gasteiger charge is 2.32. The van der Waals surface area contributed by atoms with Crippen molar-refractivity contribution in [2.24, 2.45) is 0 Å². The Kier molecular flexibility index (Phi) is 3.73. The van der Waals surface area contributed by atoms with Gasteiger partial charge in [0.15, 0.2) is 5.82 Å². The second-order valence-corrected chi connectivity index (χ2v) is 5.45. The van der Waals surface area contributed by atoms with E-state index < -0.39 is 5.92 Å². The minimum absolute atomic E-state index is 0.303. The van der Waals surface area contributed by atoms with E-state index in [0.29, 0.717) is 18.3 Å². The van der Waals surface area contributed by atoms with Gasteiger partial charge in [0.05, 0.1) is 6.61 Å². The number of rotatable bonds is 5. The number of aromatic amines is 1. The lowest BCUT2D eigenvalue weighted by atomic mass is 9.97. The largest absolute Gasteiger partial charge is 0.465 e. The number of ether oxygens (including phenoxy) is 1. The quantitative estimate of drug-likeness (QED) is 0.858. The maximum absolute atomic E-state index is 12.3. The first kappa shape index (κ1) is 13.8. The fourth-order valence-electron chi connectivity index (χ4n) is 2.33. The monoisotopic (exact) mass is 285 g/mol. The third-order valence-electron chi connectivity index (χ3n) is 3.68. The van der Waals surface area contributed by atoms with Gasteiger partial charge in [-0.2, -0.15) is 5.10 Å². The first-order valence-electron chi connectivity index (χ1n) is 7.34. The van der Waals surface area contributed by atoms with Gasteiger partial charge in [-0.3, -0.25) is 9.89 Å². The standard InChI is InChI=1S/C16H19N3O2/c1-3-21-16(20)13(11-6-4-10(2)5-7-11)15-17-14(18-19-15)12-8-9-12/h4-7,12-13H,3,8-9H2,1-2H3,(H,17,18,19). The second-order valence-electron chi connectivity index (χ2n) is 5.45. The zero-order valence-electron chi connectivity index (χ0n) is 12.3. The van der Waals surface area contributed by atoms with Crippen molar-refractivity contribution in [1.82, 2.24) is 15.2 Å². The van der Waals surface area contributed by atoms with Gasteiger partial charge in [-0.25, -0.2) is 4.98 Å². The summed E-state index contributed by atoms with van der Waals surface area (Å²) in [4.78, 5) is 16.8. The van der Waals surface area contributed by atoms with Crippen molar-refractivity contribution in [1.29, 1.82) is 0 Å². The molecule has 1 aliphatic carbocycles. The number of carbonyl (C=O) groups excluding carboxylic acids is 1. The number of aryl methyl sites for hydroxylation is 1. The number of hydrogen-bond donors (Lipinski definition) is 1. The zero-order valence-corrected chi connectivity index (χ0v) is 12.3. The van der Waals surface area contributed by atoms with Gasteiger partial charge in [0, 0.05) is 5.92 Å². The fraction of sp³-hybridized carbons (Fsp3) is 0.438. The molecule has 0 spiro atoms. The molecule has 0 radical (unpaired) electrons. The van der Waals surface area contributed by atoms with E-state index in [9.17, 15) is 4.79 Å². The molecule has 0 saturated heterocycles. The zero-order chi connectivity index (χ0) is 14.8. The molecule has 21 heavy (non-hydrogen) atoms. The predicted octanol–water partition coefficient (Wildman–Crippen LogP) is 2.69. The van der Waals surface area contributed by atoms with Crippen LogP contribution in [0.2, 0.25) is 0 Å². The van der Waals surface area contributed by atoms with E-state index in [1.54, 1.807) is 6.92 Å². The van der Waals surface area contributed by atoms with Gasteiger partial charge >= 0.3 is 5.97 Å². The molecule has 1 atom stereocenters. The van der Waals surface area contributed by atoms with E-state index >= 15 is 0 Å². The average Bonchev–Trinajstić information content (AvgIpc) is 3.21. The molecule has 0 bridgehead atoms. The third kappa shape index (κ3) is 2.96. The van der Waals surface area contributed by atoms with Gasteiger partial charge in [0.2, 0.25) is 0 Å². The van der Waals surface area contributed by atoms with Crippen LogP contribution >= 0.6 is 0 Å². The third-order valence-corrected chi connectivity index (χ3v) is 3.68. The summed E-state index contributed by atoms with van der Waals surface area (Å²) in [5, 5.41) is 7.20. The van der Waals surface area contributed by atoms with E-state index in [1.807, 2.05) is 31.2 Å². The number of benzene rings is 1. The molecule has 1 unspecified atom stereocenters. The first-order valence-corrected chi connectivity index (χ1v) is 7.34. The summed E-state index contributed by atoms with van der Waals surface area (Å²) in [6, 6.07) is 7.83. The van der Waals surface area contributed by atoms with Gasteiger partial charge in [0.1, 0.15) is 11.7 Å². The molecule has 0 amide bonds. The Labute approximate surface area is 123 Å². The van der Waals surface area contributed by atoms with Crippen molar-refractivity contribution in [2.45, 2.75) is 38.5 Å². The van der Waals surface area contributed by atoms with Crippen LogP contribution in [0, 0.1) is 6.92 Å². The lowest BCUT2D eigenvalue weighted by molar-refractivity contribution is -0.144. The molecule has 1 N–H and O–H groups in total. The van der Waals surface area contributed by atoms with Crippen LogP contribution in [0.15, 0.2) is 24.3 Å². The molecule has 1 fully saturated rings. The summed E-state index contributed by atoms with van der Waals surface area (Å²) >= 11 is 0. The minimum Gasteiger partial charge on any atom is -0.465 e. The van der Waals surface area contributed by atoms with Crippen LogP contribution in [-0.4, -0.2) is 27.8 Å². The van der Waals surface area contributed by atoms with Crippen LogP contribution in [0.5, 0.6) is 0 Å². The first-order chi connectivity index (χ1) is 10.2. The SMILES string of the molecule is CCOC(=O)C(c1ccc(C)cc1)c1n[nH]c(C2CC2)n1. The number of hydrogen-bond acceptors (Lipinski definition) is 4. The molecule has 1 aliphatic rings. The highest BCUT2D eigenvalue weighted by molar-refractivity contribution is 5.81. The molecule has 1 aromatic carbocycles. The van der Waals surface area contributed by atoms with Gasteiger partial charge in [0.25, 0.3) is 0 Å². The number of aromatic nitrogens is 3. The molecule has 1 aromatic heterocycles. The van der Waals surface area contributed by atoms with Crippen LogP contribution in [0.3, 0.4) is 0 Å². The van der Waals surface area contributed by atoms with Crippen LogP contribution in [0.4, 0.5) is 0 Å². The van der Waals surface area contributed by atoms with Crippen LogP contribution < -0.4 is 0 Å². The Morgan fingerprint density at radius 1 is 1.38 bits per heavy atom. The summed E-state index contributed by atoms with van der Waals surface area (Å²) in [7, 11) is 0. The molecule has 2 aromatic rings. The van der Waals surface area contributed by atoms with E-state index in [1.165, 1.54) is 0 Å². The smallest absolute Gasteiger partial charge is 0.321 e. The van der Waals surface area contributed by atoms with E-state index in [2.05, 4.69) is 15.2 Å². The number of nitrogens with one attached hydrogen (secondary N) is 1.